The highest BCUT2D eigenvalue weighted by molar-refractivity contribution is 5.88. The van der Waals surface area contributed by atoms with Crippen LogP contribution >= 0.6 is 12.4 Å². The largest absolute Gasteiger partial charge is 0.354 e. The van der Waals surface area contributed by atoms with Gasteiger partial charge >= 0.3 is 0 Å². The maximum Gasteiger partial charge on any atom is 0.224 e. The fourth-order valence-corrected chi connectivity index (χ4v) is 2.08. The summed E-state index contributed by atoms with van der Waals surface area (Å²) in [6, 6.07) is 7.35. The molecule has 0 spiro atoms. The van der Waals surface area contributed by atoms with Crippen molar-refractivity contribution in [3.63, 3.8) is 0 Å². The lowest BCUT2D eigenvalue weighted by atomic mass is 10.1. The summed E-state index contributed by atoms with van der Waals surface area (Å²) in [5, 5.41) is 5.55. The number of carbonyl (C=O) groups excluding carboxylic acids is 2. The SMILES string of the molecule is CC(=O)Nc1ccc(CC(=O)NCC(N)C2CC2)cc1.Cl. The summed E-state index contributed by atoms with van der Waals surface area (Å²) in [6.45, 7) is 2.01. The molecule has 6 heteroatoms. The Morgan fingerprint density at radius 2 is 1.90 bits per heavy atom. The Labute approximate surface area is 131 Å². The second-order valence-corrected chi connectivity index (χ2v) is 5.36. The number of hydrogen-bond acceptors (Lipinski definition) is 3. The lowest BCUT2D eigenvalue weighted by molar-refractivity contribution is -0.120. The number of nitrogens with one attached hydrogen (secondary N) is 2. The van der Waals surface area contributed by atoms with Crippen LogP contribution in [0.1, 0.15) is 25.3 Å². The van der Waals surface area contributed by atoms with E-state index in [1.54, 1.807) is 12.1 Å². The lowest BCUT2D eigenvalue weighted by Crippen LogP contribution is -2.39. The van der Waals surface area contributed by atoms with Gasteiger partial charge < -0.3 is 16.4 Å². The minimum absolute atomic E-state index is 0. The van der Waals surface area contributed by atoms with E-state index in [9.17, 15) is 9.59 Å². The molecule has 1 atom stereocenters. The fraction of sp³-hybridized carbons (Fsp3) is 0.467. The maximum atomic E-state index is 11.8. The van der Waals surface area contributed by atoms with Crippen LogP contribution in [0, 0.1) is 5.92 Å². The quantitative estimate of drug-likeness (QED) is 0.743. The first kappa shape index (κ1) is 17.5. The van der Waals surface area contributed by atoms with Gasteiger partial charge in [0, 0.05) is 25.2 Å². The molecular formula is C15H22ClN3O2. The number of anilines is 1. The maximum absolute atomic E-state index is 11.8. The van der Waals surface area contributed by atoms with Crippen molar-refractivity contribution in [3.8, 4) is 0 Å². The van der Waals surface area contributed by atoms with E-state index < -0.39 is 0 Å². The molecule has 0 heterocycles. The molecule has 1 fully saturated rings. The van der Waals surface area contributed by atoms with Crippen LogP contribution in [0.5, 0.6) is 0 Å². The van der Waals surface area contributed by atoms with E-state index in [4.69, 9.17) is 5.73 Å². The summed E-state index contributed by atoms with van der Waals surface area (Å²) in [6.07, 6.45) is 2.70. The van der Waals surface area contributed by atoms with Gasteiger partial charge in [-0.15, -0.1) is 12.4 Å². The third kappa shape index (κ3) is 6.14. The van der Waals surface area contributed by atoms with Gasteiger partial charge in [0.15, 0.2) is 0 Å². The van der Waals surface area contributed by atoms with Gasteiger partial charge in [0.05, 0.1) is 6.42 Å². The third-order valence-corrected chi connectivity index (χ3v) is 3.40. The Kier molecular flexibility index (Phi) is 6.65. The number of amides is 2. The van der Waals surface area contributed by atoms with E-state index in [0.717, 1.165) is 11.3 Å². The summed E-state index contributed by atoms with van der Waals surface area (Å²) in [5.74, 6) is 0.463. The molecule has 1 aromatic carbocycles. The van der Waals surface area contributed by atoms with Crippen LogP contribution in [-0.2, 0) is 16.0 Å². The number of benzene rings is 1. The molecule has 116 valence electrons. The minimum Gasteiger partial charge on any atom is -0.354 e. The molecule has 0 bridgehead atoms. The highest BCUT2D eigenvalue weighted by Gasteiger charge is 2.28. The topological polar surface area (TPSA) is 84.2 Å². The van der Waals surface area contributed by atoms with E-state index in [0.29, 0.717) is 18.9 Å². The number of rotatable bonds is 6. The Morgan fingerprint density at radius 3 is 2.43 bits per heavy atom. The first-order valence-corrected chi connectivity index (χ1v) is 6.93. The molecule has 1 aliphatic rings. The van der Waals surface area contributed by atoms with Crippen molar-refractivity contribution >= 4 is 29.9 Å². The second kappa shape index (κ2) is 8.00. The van der Waals surface area contributed by atoms with Crippen LogP contribution in [0.3, 0.4) is 0 Å². The van der Waals surface area contributed by atoms with Gasteiger partial charge in [0.1, 0.15) is 0 Å². The monoisotopic (exact) mass is 311 g/mol. The molecule has 1 saturated carbocycles. The van der Waals surface area contributed by atoms with Crippen molar-refractivity contribution in [3.05, 3.63) is 29.8 Å². The van der Waals surface area contributed by atoms with Crippen LogP contribution in [0.15, 0.2) is 24.3 Å². The Bertz CT molecular complexity index is 486. The molecule has 1 unspecified atom stereocenters. The van der Waals surface area contributed by atoms with Gasteiger partial charge in [0.25, 0.3) is 0 Å². The number of hydrogen-bond donors (Lipinski definition) is 3. The van der Waals surface area contributed by atoms with Crippen molar-refractivity contribution < 1.29 is 9.59 Å². The molecule has 2 rings (SSSR count). The zero-order valence-electron chi connectivity index (χ0n) is 12.1. The first-order valence-electron chi connectivity index (χ1n) is 6.93. The molecule has 21 heavy (non-hydrogen) atoms. The smallest absolute Gasteiger partial charge is 0.224 e. The first-order chi connectivity index (χ1) is 9.54. The van der Waals surface area contributed by atoms with Gasteiger partial charge in [-0.05, 0) is 36.5 Å². The summed E-state index contributed by atoms with van der Waals surface area (Å²) in [4.78, 5) is 22.7. The third-order valence-electron chi connectivity index (χ3n) is 3.40. The standard InChI is InChI=1S/C15H21N3O2.ClH/c1-10(19)18-13-6-2-11(3-7-13)8-15(20)17-9-14(16)12-4-5-12;/h2-3,6-7,12,14H,4-5,8-9,16H2,1H3,(H,17,20)(H,18,19);1H. The van der Waals surface area contributed by atoms with Crippen molar-refractivity contribution in [1.82, 2.24) is 5.32 Å². The van der Waals surface area contributed by atoms with Crippen molar-refractivity contribution in [2.24, 2.45) is 11.7 Å². The molecule has 1 aliphatic carbocycles. The van der Waals surface area contributed by atoms with Gasteiger partial charge in [-0.25, -0.2) is 0 Å². The fourth-order valence-electron chi connectivity index (χ4n) is 2.08. The molecule has 0 saturated heterocycles. The predicted molar refractivity (Wildman–Crippen MR) is 85.4 cm³/mol. The summed E-state index contributed by atoms with van der Waals surface area (Å²) in [5.41, 5.74) is 7.58. The zero-order valence-corrected chi connectivity index (χ0v) is 12.9. The van der Waals surface area contributed by atoms with Gasteiger partial charge in [-0.3, -0.25) is 9.59 Å². The zero-order chi connectivity index (χ0) is 14.5. The van der Waals surface area contributed by atoms with Crippen molar-refractivity contribution in [1.29, 1.82) is 0 Å². The molecular weight excluding hydrogens is 290 g/mol. The van der Waals surface area contributed by atoms with Crippen LogP contribution in [-0.4, -0.2) is 24.4 Å². The van der Waals surface area contributed by atoms with Gasteiger partial charge in [-0.1, -0.05) is 12.1 Å². The molecule has 0 radical (unpaired) electrons. The summed E-state index contributed by atoms with van der Waals surface area (Å²) in [7, 11) is 0. The van der Waals surface area contributed by atoms with Crippen molar-refractivity contribution in [2.45, 2.75) is 32.2 Å². The van der Waals surface area contributed by atoms with Crippen LogP contribution in [0.25, 0.3) is 0 Å². The number of halogens is 1. The lowest BCUT2D eigenvalue weighted by Gasteiger charge is -2.11. The summed E-state index contributed by atoms with van der Waals surface area (Å²) >= 11 is 0. The molecule has 1 aromatic rings. The molecule has 0 aliphatic heterocycles. The normalized spacial score (nSPS) is 14.8. The molecule has 5 nitrogen and oxygen atoms in total. The predicted octanol–water partition coefficient (Wildman–Crippen LogP) is 1.46. The average molecular weight is 312 g/mol. The number of carbonyl (C=O) groups is 2. The van der Waals surface area contributed by atoms with Gasteiger partial charge in [0.2, 0.25) is 11.8 Å². The Hall–Kier alpha value is -1.59. The van der Waals surface area contributed by atoms with E-state index in [-0.39, 0.29) is 30.3 Å². The highest BCUT2D eigenvalue weighted by Crippen LogP contribution is 2.31. The van der Waals surface area contributed by atoms with E-state index in [2.05, 4.69) is 10.6 Å². The summed E-state index contributed by atoms with van der Waals surface area (Å²) < 4.78 is 0. The van der Waals surface area contributed by atoms with Crippen LogP contribution in [0.2, 0.25) is 0 Å². The Balaban J connectivity index is 0.00000220. The van der Waals surface area contributed by atoms with Gasteiger partial charge in [-0.2, -0.15) is 0 Å². The van der Waals surface area contributed by atoms with Crippen LogP contribution in [0.4, 0.5) is 5.69 Å². The highest BCUT2D eigenvalue weighted by atomic mass is 35.5. The number of nitrogens with two attached hydrogens (primary N) is 1. The Morgan fingerprint density at radius 1 is 1.29 bits per heavy atom. The second-order valence-electron chi connectivity index (χ2n) is 5.36. The molecule has 2 amide bonds. The minimum atomic E-state index is -0.107. The van der Waals surface area contributed by atoms with E-state index in [1.165, 1.54) is 19.8 Å². The van der Waals surface area contributed by atoms with E-state index >= 15 is 0 Å². The van der Waals surface area contributed by atoms with Crippen molar-refractivity contribution in [2.75, 3.05) is 11.9 Å². The molecule has 4 N–H and O–H groups in total. The molecule has 0 aromatic heterocycles. The van der Waals surface area contributed by atoms with Crippen LogP contribution < -0.4 is 16.4 Å². The average Bonchev–Trinajstić information content (AvgIpc) is 3.22. The van der Waals surface area contributed by atoms with E-state index in [1.807, 2.05) is 12.1 Å².